The Bertz CT molecular complexity index is 9380. The summed E-state index contributed by atoms with van der Waals surface area (Å²) in [5.74, 6) is 0. The average Bonchev–Trinajstić information content (AvgIpc) is 1.68. The van der Waals surface area contributed by atoms with Crippen molar-refractivity contribution in [2.75, 3.05) is 0 Å². The molecule has 21 aromatic carbocycles. The molecule has 3 aromatic heterocycles. The highest BCUT2D eigenvalue weighted by Crippen LogP contribution is 2.50. The third-order valence-corrected chi connectivity index (χ3v) is 21.9. The first-order valence-corrected chi connectivity index (χ1v) is 38.0. The summed E-state index contributed by atoms with van der Waals surface area (Å²) in [6, 6.07) is 76.8. The van der Waals surface area contributed by atoms with Crippen LogP contribution < -0.4 is 0 Å². The molecule has 0 amide bonds. The maximum atomic E-state index is 9.12. The Kier molecular flexibility index (Phi) is 11.5. The Labute approximate surface area is 712 Å². The first-order valence-electron chi connectivity index (χ1n) is 51.0. The third-order valence-electron chi connectivity index (χ3n) is 21.9. The number of rotatable bonds is 9. The third kappa shape index (κ3) is 11.8. The van der Waals surface area contributed by atoms with Gasteiger partial charge in [0.25, 0.3) is 0 Å². The highest BCUT2D eigenvalue weighted by Gasteiger charge is 2.23. The summed E-state index contributed by atoms with van der Waals surface area (Å²) < 4.78 is 245. The number of benzene rings is 21. The van der Waals surface area contributed by atoms with Crippen molar-refractivity contribution in [3.8, 4) is 100 Å². The van der Waals surface area contributed by atoms with Gasteiger partial charge in [0, 0.05) is 49.0 Å². The fourth-order valence-corrected chi connectivity index (χ4v) is 16.8. The van der Waals surface area contributed by atoms with Crippen LogP contribution in [-0.4, -0.2) is 0 Å². The lowest BCUT2D eigenvalue weighted by atomic mass is 9.86. The van der Waals surface area contributed by atoms with Gasteiger partial charge in [-0.05, 0) is 166 Å². The lowest BCUT2D eigenvalue weighted by Crippen LogP contribution is -1.90. The van der Waals surface area contributed by atoms with E-state index < -0.39 is 114 Å². The predicted molar refractivity (Wildman–Crippen MR) is 495 cm³/mol. The van der Waals surface area contributed by atoms with Crippen molar-refractivity contribution in [1.29, 1.82) is 0 Å². The van der Waals surface area contributed by atoms with Gasteiger partial charge in [-0.25, -0.2) is 0 Å². The van der Waals surface area contributed by atoms with E-state index in [0.717, 1.165) is 126 Å². The Hall–Kier alpha value is -15.4. The Balaban J connectivity index is 0.000000123. The largest absolute Gasteiger partial charge is 0.455 e. The van der Waals surface area contributed by atoms with Crippen molar-refractivity contribution in [2.45, 2.75) is 0 Å². The molecule has 24 aromatic rings. The van der Waals surface area contributed by atoms with E-state index in [1.165, 1.54) is 0 Å². The van der Waals surface area contributed by atoms with Crippen LogP contribution in [-0.2, 0) is 0 Å². The predicted octanol–water partition coefficient (Wildman–Crippen LogP) is 32.7. The van der Waals surface area contributed by atoms with E-state index in [9.17, 15) is 0 Å². The molecule has 0 aliphatic rings. The second-order valence-electron chi connectivity index (χ2n) is 28.3. The van der Waals surface area contributed by atoms with Crippen LogP contribution in [0, 0.1) is 0 Å². The van der Waals surface area contributed by atoms with Gasteiger partial charge < -0.3 is 13.3 Å². The monoisotopic (exact) mass is 1510 g/mol. The fourth-order valence-electron chi connectivity index (χ4n) is 16.8. The van der Waals surface area contributed by atoms with Crippen molar-refractivity contribution in [3.05, 3.63) is 436 Å². The standard InChI is InChI=1S/3C38H24O/c3*1-2-11-26(12-3-1)36-30-14-4-6-16-32(30)37(33-17-7-5-15-31(33)36)27-23-21-25(22-24-27)28-18-10-19-34-29-13-8-9-20-35(29)39-38(28)34/h3*1-24H/i1D,2D,3D,4D,5D,6D,7D,11D,12D,14D,15D,16D,17D;4D,5D,6D,7D,14D,15D,16D,17D;1D,2D,3D,11D,12D. The molecule has 546 valence electrons. The minimum absolute atomic E-state index is 0.0774. The van der Waals surface area contributed by atoms with Gasteiger partial charge in [0.2, 0.25) is 0 Å². The quantitative estimate of drug-likeness (QED) is 0.135. The van der Waals surface area contributed by atoms with Gasteiger partial charge in [-0.1, -0.05) is 418 Å². The van der Waals surface area contributed by atoms with Crippen LogP contribution in [0.5, 0.6) is 0 Å². The number of para-hydroxylation sites is 6. The molecule has 0 atom stereocenters. The molecule has 0 bridgehead atoms. The molecular formula is C114H72O3. The molecule has 3 nitrogen and oxygen atoms in total. The van der Waals surface area contributed by atoms with E-state index in [2.05, 4.69) is 48.5 Å². The Morgan fingerprint density at radius 1 is 0.137 bits per heavy atom. The smallest absolute Gasteiger partial charge is 0.143 e. The Morgan fingerprint density at radius 2 is 0.342 bits per heavy atom. The van der Waals surface area contributed by atoms with Crippen molar-refractivity contribution in [1.82, 2.24) is 0 Å². The van der Waals surface area contributed by atoms with E-state index in [1.807, 2.05) is 182 Å². The number of hydrogen-bond acceptors (Lipinski definition) is 3. The normalized spacial score (nSPS) is 14.7. The first-order chi connectivity index (χ1) is 68.9. The molecule has 3 heteroatoms. The number of furan rings is 3. The van der Waals surface area contributed by atoms with Gasteiger partial charge in [-0.3, -0.25) is 0 Å². The molecule has 0 aliphatic carbocycles. The minimum Gasteiger partial charge on any atom is -0.455 e. The Morgan fingerprint density at radius 3 is 0.632 bits per heavy atom. The zero-order valence-electron chi connectivity index (χ0n) is 87.8. The van der Waals surface area contributed by atoms with Gasteiger partial charge in [-0.2, -0.15) is 0 Å². The molecule has 0 radical (unpaired) electrons. The lowest BCUT2D eigenvalue weighted by Gasteiger charge is -2.18. The van der Waals surface area contributed by atoms with E-state index in [0.29, 0.717) is 39.0 Å². The maximum absolute atomic E-state index is 9.12. The summed E-state index contributed by atoms with van der Waals surface area (Å²) in [5.41, 5.74) is 14.4. The van der Waals surface area contributed by atoms with Crippen LogP contribution in [0.2, 0.25) is 0 Å². The SMILES string of the molecule is [2H]c1c([2H])c([2H])c(-c2c3c([2H])c([2H])c([2H])c([2H])c3c(-c3ccc(-c4cccc5c4oc4ccccc45)cc3)c3c([2H])c([2H])c([2H])c([2H])c23)c([2H])c1[2H].[2H]c1c([2H])c([2H])c(-c2c3ccccc3c(-c3ccc(-c4cccc5c4oc4ccccc45)cc3)c3ccccc23)c([2H])c1[2H].[2H]c1c([2H])c([2H])c2c(-c3ccc(-c4cccc5c4oc4ccccc45)cc3)c3c([2H])c([2H])c([2H])c([2H])c3c(-c3ccccc3)c2c1[2H]. The highest BCUT2D eigenvalue weighted by molar-refractivity contribution is 6.25. The van der Waals surface area contributed by atoms with Crippen LogP contribution in [0.3, 0.4) is 0 Å². The summed E-state index contributed by atoms with van der Waals surface area (Å²) in [6.45, 7) is 0. The summed E-state index contributed by atoms with van der Waals surface area (Å²) in [7, 11) is 0. The molecule has 24 rings (SSSR count). The topological polar surface area (TPSA) is 39.4 Å². The molecule has 0 saturated carbocycles. The second kappa shape index (κ2) is 29.0. The van der Waals surface area contributed by atoms with Gasteiger partial charge in [0.1, 0.15) is 33.5 Å². The molecule has 0 aliphatic heterocycles. The molecular weight excluding hydrogens is 1420 g/mol. The molecule has 0 spiro atoms. The average molecular weight is 1520 g/mol. The summed E-state index contributed by atoms with van der Waals surface area (Å²) >= 11 is 0. The van der Waals surface area contributed by atoms with E-state index in [-0.39, 0.29) is 108 Å². The van der Waals surface area contributed by atoms with Crippen molar-refractivity contribution in [3.63, 3.8) is 0 Å². The zero-order chi connectivity index (χ0) is 99.9. The van der Waals surface area contributed by atoms with Gasteiger partial charge in [0.05, 0.1) is 35.6 Å². The van der Waals surface area contributed by atoms with Crippen molar-refractivity contribution >= 4 is 130 Å². The van der Waals surface area contributed by atoms with E-state index in [1.54, 1.807) is 48.5 Å². The van der Waals surface area contributed by atoms with Crippen LogP contribution in [0.1, 0.15) is 35.6 Å². The van der Waals surface area contributed by atoms with Crippen LogP contribution in [0.4, 0.5) is 0 Å². The van der Waals surface area contributed by atoms with Gasteiger partial charge >= 0.3 is 0 Å². The highest BCUT2D eigenvalue weighted by atomic mass is 16.3. The molecule has 0 N–H and O–H groups in total. The zero-order valence-corrected chi connectivity index (χ0v) is 61.8. The molecule has 117 heavy (non-hydrogen) atoms. The van der Waals surface area contributed by atoms with Crippen LogP contribution >= 0.6 is 0 Å². The molecule has 0 saturated heterocycles. The van der Waals surface area contributed by atoms with E-state index >= 15 is 0 Å². The molecule has 0 unspecified atom stereocenters. The summed E-state index contributed by atoms with van der Waals surface area (Å²) in [6.07, 6.45) is 0. The van der Waals surface area contributed by atoms with Crippen LogP contribution in [0.25, 0.3) is 231 Å². The van der Waals surface area contributed by atoms with Gasteiger partial charge in [0.15, 0.2) is 0 Å². The second-order valence-corrected chi connectivity index (χ2v) is 28.3. The minimum atomic E-state index is -0.710. The van der Waals surface area contributed by atoms with E-state index in [4.69, 9.17) is 48.9 Å². The molecule has 0 fully saturated rings. The first kappa shape index (κ1) is 46.5. The van der Waals surface area contributed by atoms with Gasteiger partial charge in [-0.15, -0.1) is 0 Å². The summed E-state index contributed by atoms with van der Waals surface area (Å²) in [5, 5.41) is 9.66. The van der Waals surface area contributed by atoms with Crippen molar-refractivity contribution < 1.29 is 48.9 Å². The van der Waals surface area contributed by atoms with Crippen molar-refractivity contribution in [2.24, 2.45) is 0 Å². The van der Waals surface area contributed by atoms with Crippen LogP contribution in [0.15, 0.2) is 449 Å². The lowest BCUT2D eigenvalue weighted by molar-refractivity contribution is 0.669. The maximum Gasteiger partial charge on any atom is 0.143 e. The summed E-state index contributed by atoms with van der Waals surface area (Å²) in [4.78, 5) is 0. The number of fused-ring (bicyclic) bond motifs is 15. The molecule has 3 heterocycles. The fraction of sp³-hybridized carbons (Fsp3) is 0. The number of hydrogen-bond donors (Lipinski definition) is 0.